The first-order valence-electron chi connectivity index (χ1n) is 8.12. The molecule has 0 saturated heterocycles. The Balaban J connectivity index is 2.31. The molecule has 1 aromatic heterocycles. The molecule has 0 N–H and O–H groups in total. The maximum atomic E-state index is 11.9. The normalized spacial score (nSPS) is 11.6. The number of benzene rings is 1. The summed E-state index contributed by atoms with van der Waals surface area (Å²) in [5, 5.41) is 4.70. The van der Waals surface area contributed by atoms with Gasteiger partial charge in [-0.15, -0.1) is 0 Å². The number of hydrogen-bond acceptors (Lipinski definition) is 5. The van der Waals surface area contributed by atoms with E-state index in [-0.39, 0.29) is 6.61 Å². The Morgan fingerprint density at radius 3 is 2.69 bits per heavy atom. The van der Waals surface area contributed by atoms with Gasteiger partial charge >= 0.3 is 11.9 Å². The van der Waals surface area contributed by atoms with Crippen LogP contribution in [0, 0.1) is 0 Å². The van der Waals surface area contributed by atoms with Crippen LogP contribution in [0.4, 0.5) is 0 Å². The van der Waals surface area contributed by atoms with Crippen molar-refractivity contribution in [3.05, 3.63) is 52.8 Å². The molecule has 0 radical (unpaired) electrons. The largest absolute Gasteiger partial charge is 0.462 e. The molecule has 1 heterocycles. The molecule has 0 aliphatic heterocycles. The number of halogens is 1. The van der Waals surface area contributed by atoms with Crippen molar-refractivity contribution in [3.63, 3.8) is 0 Å². The van der Waals surface area contributed by atoms with Crippen LogP contribution in [0.1, 0.15) is 43.6 Å². The summed E-state index contributed by atoms with van der Waals surface area (Å²) in [6.45, 7) is 7.41. The number of rotatable bonds is 5. The van der Waals surface area contributed by atoms with E-state index >= 15 is 0 Å². The molecule has 1 aromatic carbocycles. The topological polar surface area (TPSA) is 70.4 Å². The van der Waals surface area contributed by atoms with Crippen molar-refractivity contribution < 1.29 is 19.1 Å². The van der Waals surface area contributed by atoms with E-state index in [0.29, 0.717) is 21.8 Å². The lowest BCUT2D eigenvalue weighted by atomic mass is 10.1. The minimum absolute atomic E-state index is 0.287. The van der Waals surface area contributed by atoms with Gasteiger partial charge in [-0.25, -0.2) is 14.3 Å². The minimum atomic E-state index is -0.574. The smallest absolute Gasteiger partial charge is 0.341 e. The SMILES string of the molecule is CCOC(=O)c1cnn(-c2ccc(Cl)cc2/C=C/C(=O)OC(C)(C)C)c1. The van der Waals surface area contributed by atoms with Crippen molar-refractivity contribution in [1.29, 1.82) is 0 Å². The van der Waals surface area contributed by atoms with E-state index in [2.05, 4.69) is 5.10 Å². The van der Waals surface area contributed by atoms with Gasteiger partial charge in [-0.2, -0.15) is 5.10 Å². The summed E-state index contributed by atoms with van der Waals surface area (Å²) in [7, 11) is 0. The predicted octanol–water partition coefficient (Wildman–Crippen LogP) is 4.06. The van der Waals surface area contributed by atoms with Crippen molar-refractivity contribution in [2.75, 3.05) is 6.61 Å². The second kappa shape index (κ2) is 8.19. The maximum Gasteiger partial charge on any atom is 0.341 e. The summed E-state index contributed by atoms with van der Waals surface area (Å²) < 4.78 is 11.7. The molecule has 0 saturated carbocycles. The third kappa shape index (κ3) is 5.46. The third-order valence-corrected chi connectivity index (χ3v) is 3.37. The highest BCUT2D eigenvalue weighted by Gasteiger charge is 2.15. The standard InChI is InChI=1S/C19H21ClN2O4/c1-5-25-18(24)14-11-21-22(12-14)16-8-7-15(20)10-13(16)6-9-17(23)26-19(2,3)4/h6-12H,5H2,1-4H3/b9-6+. The van der Waals surface area contributed by atoms with Gasteiger partial charge in [-0.05, 0) is 52.0 Å². The molecule has 2 aromatic rings. The molecule has 0 aliphatic carbocycles. The molecule has 0 atom stereocenters. The van der Waals surface area contributed by atoms with Crippen molar-refractivity contribution in [2.45, 2.75) is 33.3 Å². The molecule has 0 unspecified atom stereocenters. The zero-order valence-corrected chi connectivity index (χ0v) is 15.9. The van der Waals surface area contributed by atoms with E-state index < -0.39 is 17.5 Å². The summed E-state index contributed by atoms with van der Waals surface area (Å²) in [4.78, 5) is 23.7. The molecule has 0 spiro atoms. The Morgan fingerprint density at radius 2 is 2.04 bits per heavy atom. The van der Waals surface area contributed by atoms with Crippen LogP contribution >= 0.6 is 11.6 Å². The second-order valence-corrected chi connectivity index (χ2v) is 6.90. The molecule has 0 bridgehead atoms. The van der Waals surface area contributed by atoms with Crippen LogP contribution in [0.25, 0.3) is 11.8 Å². The molecule has 0 amide bonds. The number of hydrogen-bond donors (Lipinski definition) is 0. The summed E-state index contributed by atoms with van der Waals surface area (Å²) in [6, 6.07) is 5.15. The van der Waals surface area contributed by atoms with Crippen LogP contribution in [0.3, 0.4) is 0 Å². The minimum Gasteiger partial charge on any atom is -0.462 e. The first-order chi connectivity index (χ1) is 12.2. The van der Waals surface area contributed by atoms with Crippen LogP contribution in [-0.4, -0.2) is 33.9 Å². The lowest BCUT2D eigenvalue weighted by Gasteiger charge is -2.18. The highest BCUT2D eigenvalue weighted by atomic mass is 35.5. The van der Waals surface area contributed by atoms with Gasteiger partial charge in [0, 0.05) is 22.9 Å². The van der Waals surface area contributed by atoms with E-state index in [1.54, 1.807) is 58.2 Å². The average Bonchev–Trinajstić information content (AvgIpc) is 3.01. The van der Waals surface area contributed by atoms with E-state index in [4.69, 9.17) is 21.1 Å². The van der Waals surface area contributed by atoms with Gasteiger partial charge in [-0.3, -0.25) is 0 Å². The van der Waals surface area contributed by atoms with Gasteiger partial charge in [0.25, 0.3) is 0 Å². The van der Waals surface area contributed by atoms with Crippen molar-refractivity contribution in [2.24, 2.45) is 0 Å². The van der Waals surface area contributed by atoms with Gasteiger partial charge in [0.05, 0.1) is 24.1 Å². The van der Waals surface area contributed by atoms with Crippen LogP contribution in [-0.2, 0) is 14.3 Å². The lowest BCUT2D eigenvalue weighted by Crippen LogP contribution is -2.22. The molecule has 7 heteroatoms. The Morgan fingerprint density at radius 1 is 1.31 bits per heavy atom. The maximum absolute atomic E-state index is 11.9. The van der Waals surface area contributed by atoms with E-state index in [1.807, 2.05) is 0 Å². The zero-order valence-electron chi connectivity index (χ0n) is 15.2. The van der Waals surface area contributed by atoms with Crippen LogP contribution in [0.15, 0.2) is 36.7 Å². The Hall–Kier alpha value is -2.60. The van der Waals surface area contributed by atoms with Gasteiger partial charge in [0.2, 0.25) is 0 Å². The first-order valence-corrected chi connectivity index (χ1v) is 8.50. The summed E-state index contributed by atoms with van der Waals surface area (Å²) >= 11 is 6.07. The van der Waals surface area contributed by atoms with E-state index in [9.17, 15) is 9.59 Å². The monoisotopic (exact) mass is 376 g/mol. The Labute approximate surface area is 157 Å². The van der Waals surface area contributed by atoms with Gasteiger partial charge < -0.3 is 9.47 Å². The van der Waals surface area contributed by atoms with Gasteiger partial charge in [0.15, 0.2) is 0 Å². The van der Waals surface area contributed by atoms with E-state index in [0.717, 1.165) is 0 Å². The average molecular weight is 377 g/mol. The highest BCUT2D eigenvalue weighted by molar-refractivity contribution is 6.30. The third-order valence-electron chi connectivity index (χ3n) is 3.14. The van der Waals surface area contributed by atoms with Gasteiger partial charge in [-0.1, -0.05) is 11.6 Å². The quantitative estimate of drug-likeness (QED) is 0.581. The number of aromatic nitrogens is 2. The highest BCUT2D eigenvalue weighted by Crippen LogP contribution is 2.21. The fraction of sp³-hybridized carbons (Fsp3) is 0.316. The number of carbonyl (C=O) groups excluding carboxylic acids is 2. The summed E-state index contributed by atoms with van der Waals surface area (Å²) in [5.41, 5.74) is 1.07. The molecule has 26 heavy (non-hydrogen) atoms. The molecule has 138 valence electrons. The van der Waals surface area contributed by atoms with Crippen molar-refractivity contribution in [1.82, 2.24) is 9.78 Å². The van der Waals surface area contributed by atoms with Crippen LogP contribution in [0.5, 0.6) is 0 Å². The van der Waals surface area contributed by atoms with Gasteiger partial charge in [0.1, 0.15) is 5.60 Å². The van der Waals surface area contributed by atoms with Crippen molar-refractivity contribution in [3.8, 4) is 5.69 Å². The van der Waals surface area contributed by atoms with E-state index in [1.165, 1.54) is 17.0 Å². The second-order valence-electron chi connectivity index (χ2n) is 6.46. The Bertz CT molecular complexity index is 834. The first kappa shape index (κ1) is 19.7. The Kier molecular flexibility index (Phi) is 6.21. The molecule has 2 rings (SSSR count). The fourth-order valence-electron chi connectivity index (χ4n) is 2.14. The number of esters is 2. The molecular weight excluding hydrogens is 356 g/mol. The summed E-state index contributed by atoms with van der Waals surface area (Å²) in [5.74, 6) is -0.908. The van der Waals surface area contributed by atoms with Crippen LogP contribution < -0.4 is 0 Å². The predicted molar refractivity (Wildman–Crippen MR) is 99.4 cm³/mol. The summed E-state index contributed by atoms with van der Waals surface area (Å²) in [6.07, 6.45) is 5.91. The molecule has 6 nitrogen and oxygen atoms in total. The molecular formula is C19H21ClN2O4. The fourth-order valence-corrected chi connectivity index (χ4v) is 2.32. The lowest BCUT2D eigenvalue weighted by molar-refractivity contribution is -0.148. The van der Waals surface area contributed by atoms with Crippen molar-refractivity contribution >= 4 is 29.6 Å². The number of nitrogens with zero attached hydrogens (tertiary/aromatic N) is 2. The zero-order chi connectivity index (χ0) is 19.3. The molecule has 0 aliphatic rings. The number of ether oxygens (including phenoxy) is 2. The molecule has 0 fully saturated rings. The number of carbonyl (C=O) groups is 2. The van der Waals surface area contributed by atoms with Crippen LogP contribution in [0.2, 0.25) is 5.02 Å².